The van der Waals surface area contributed by atoms with Crippen LogP contribution in [0.15, 0.2) is 24.3 Å². The first-order valence-electron chi connectivity index (χ1n) is 7.17. The number of benzene rings is 1. The molecule has 19 heavy (non-hydrogen) atoms. The molecule has 1 aromatic carbocycles. The molecule has 108 valence electrons. The Morgan fingerprint density at radius 2 is 1.84 bits per heavy atom. The van der Waals surface area contributed by atoms with E-state index in [1.807, 2.05) is 0 Å². The van der Waals surface area contributed by atoms with Crippen molar-refractivity contribution in [1.29, 1.82) is 0 Å². The molecule has 0 aromatic heterocycles. The zero-order valence-corrected chi connectivity index (χ0v) is 14.7. The van der Waals surface area contributed by atoms with Crippen LogP contribution < -0.4 is 5.32 Å². The van der Waals surface area contributed by atoms with Gasteiger partial charge in [-0.2, -0.15) is 0 Å². The van der Waals surface area contributed by atoms with Crippen LogP contribution in [0.25, 0.3) is 0 Å². The van der Waals surface area contributed by atoms with Gasteiger partial charge in [-0.3, -0.25) is 0 Å². The molecule has 0 saturated heterocycles. The molecule has 0 radical (unpaired) electrons. The third-order valence-electron chi connectivity index (χ3n) is 3.72. The van der Waals surface area contributed by atoms with E-state index in [9.17, 15) is 0 Å². The minimum Gasteiger partial charge on any atom is -0.374 e. The Hall–Kier alpha value is -0.130. The topological polar surface area (TPSA) is 21.3 Å². The molecule has 0 saturated carbocycles. The van der Waals surface area contributed by atoms with Crippen molar-refractivity contribution in [3.8, 4) is 0 Å². The molecule has 0 aliphatic carbocycles. The predicted octanol–water partition coefficient (Wildman–Crippen LogP) is 4.02. The lowest BCUT2D eigenvalue weighted by Gasteiger charge is -2.37. The van der Waals surface area contributed by atoms with Crippen molar-refractivity contribution in [2.75, 3.05) is 13.2 Å². The summed E-state index contributed by atoms with van der Waals surface area (Å²) in [4.78, 5) is 0. The highest BCUT2D eigenvalue weighted by atomic mass is 127. The molecular formula is C16H26INO. The Kier molecular flexibility index (Phi) is 7.32. The van der Waals surface area contributed by atoms with Gasteiger partial charge < -0.3 is 10.1 Å². The second kappa shape index (κ2) is 8.22. The fraction of sp³-hybridized carbons (Fsp3) is 0.625. The maximum atomic E-state index is 6.03. The normalized spacial score (nSPS) is 16.1. The van der Waals surface area contributed by atoms with Gasteiger partial charge in [0.1, 0.15) is 0 Å². The standard InChI is InChI=1S/C16H26INO/c1-5-16(4,19-7-3)15(18-6-2)12-13-8-10-14(17)11-9-13/h8-11,15,18H,5-7,12H2,1-4H3. The summed E-state index contributed by atoms with van der Waals surface area (Å²) in [6.45, 7) is 10.4. The van der Waals surface area contributed by atoms with E-state index in [4.69, 9.17) is 4.74 Å². The van der Waals surface area contributed by atoms with Crippen LogP contribution in [0.5, 0.6) is 0 Å². The van der Waals surface area contributed by atoms with Crippen molar-refractivity contribution in [3.05, 3.63) is 33.4 Å². The third-order valence-corrected chi connectivity index (χ3v) is 4.44. The number of rotatable bonds is 8. The summed E-state index contributed by atoms with van der Waals surface area (Å²) in [5.74, 6) is 0. The van der Waals surface area contributed by atoms with E-state index in [1.165, 1.54) is 9.13 Å². The predicted molar refractivity (Wildman–Crippen MR) is 90.6 cm³/mol. The highest BCUT2D eigenvalue weighted by molar-refractivity contribution is 14.1. The molecule has 1 rings (SSSR count). The Balaban J connectivity index is 2.84. The number of likely N-dealkylation sites (N-methyl/N-ethyl adjacent to an activating group) is 1. The van der Waals surface area contributed by atoms with Gasteiger partial charge in [0.25, 0.3) is 0 Å². The van der Waals surface area contributed by atoms with E-state index in [1.54, 1.807) is 0 Å². The van der Waals surface area contributed by atoms with Gasteiger partial charge in [0.15, 0.2) is 0 Å². The smallest absolute Gasteiger partial charge is 0.0807 e. The summed E-state index contributed by atoms with van der Waals surface area (Å²) in [7, 11) is 0. The van der Waals surface area contributed by atoms with Crippen LogP contribution in [0, 0.1) is 3.57 Å². The summed E-state index contributed by atoms with van der Waals surface area (Å²) < 4.78 is 7.31. The molecule has 0 spiro atoms. The Morgan fingerprint density at radius 1 is 1.21 bits per heavy atom. The van der Waals surface area contributed by atoms with Gasteiger partial charge in [-0.15, -0.1) is 0 Å². The van der Waals surface area contributed by atoms with Gasteiger partial charge in [-0.25, -0.2) is 0 Å². The third kappa shape index (κ3) is 5.04. The van der Waals surface area contributed by atoms with Crippen LogP contribution in [0.3, 0.4) is 0 Å². The largest absolute Gasteiger partial charge is 0.374 e. The number of hydrogen-bond acceptors (Lipinski definition) is 2. The van der Waals surface area contributed by atoms with Gasteiger partial charge in [0.2, 0.25) is 0 Å². The van der Waals surface area contributed by atoms with Crippen LogP contribution >= 0.6 is 22.6 Å². The number of nitrogens with one attached hydrogen (secondary N) is 1. The molecule has 1 aromatic rings. The van der Waals surface area contributed by atoms with Gasteiger partial charge >= 0.3 is 0 Å². The average molecular weight is 375 g/mol. The quantitative estimate of drug-likeness (QED) is 0.693. The Labute approximate surface area is 131 Å². The first-order chi connectivity index (χ1) is 9.05. The van der Waals surface area contributed by atoms with Gasteiger partial charge in [0, 0.05) is 16.2 Å². The van der Waals surface area contributed by atoms with Gasteiger partial charge in [0.05, 0.1) is 5.60 Å². The summed E-state index contributed by atoms with van der Waals surface area (Å²) in [5, 5.41) is 3.60. The lowest BCUT2D eigenvalue weighted by molar-refractivity contribution is -0.0546. The molecule has 0 aliphatic rings. The van der Waals surface area contributed by atoms with E-state index in [2.05, 4.69) is 79.9 Å². The maximum Gasteiger partial charge on any atom is 0.0807 e. The molecular weight excluding hydrogens is 349 g/mol. The monoisotopic (exact) mass is 375 g/mol. The van der Waals surface area contributed by atoms with Crippen LogP contribution in [-0.2, 0) is 11.2 Å². The van der Waals surface area contributed by atoms with Crippen LogP contribution in [0.4, 0.5) is 0 Å². The minimum atomic E-state index is -0.103. The highest BCUT2D eigenvalue weighted by Gasteiger charge is 2.32. The van der Waals surface area contributed by atoms with Crippen molar-refractivity contribution >= 4 is 22.6 Å². The first-order valence-corrected chi connectivity index (χ1v) is 8.25. The molecule has 0 bridgehead atoms. The second-order valence-corrected chi connectivity index (χ2v) is 6.29. The minimum absolute atomic E-state index is 0.103. The van der Waals surface area contributed by atoms with Crippen molar-refractivity contribution < 1.29 is 4.74 Å². The number of hydrogen-bond donors (Lipinski definition) is 1. The fourth-order valence-electron chi connectivity index (χ4n) is 2.39. The lowest BCUT2D eigenvalue weighted by atomic mass is 9.88. The molecule has 2 atom stereocenters. The molecule has 2 nitrogen and oxygen atoms in total. The van der Waals surface area contributed by atoms with Crippen molar-refractivity contribution in [2.45, 2.75) is 52.2 Å². The Morgan fingerprint density at radius 3 is 2.32 bits per heavy atom. The van der Waals surface area contributed by atoms with E-state index in [0.29, 0.717) is 6.04 Å². The van der Waals surface area contributed by atoms with Crippen molar-refractivity contribution in [3.63, 3.8) is 0 Å². The molecule has 0 aliphatic heterocycles. The van der Waals surface area contributed by atoms with Crippen LogP contribution in [0.1, 0.15) is 39.7 Å². The van der Waals surface area contributed by atoms with Crippen molar-refractivity contribution in [1.82, 2.24) is 5.32 Å². The fourth-order valence-corrected chi connectivity index (χ4v) is 2.74. The van der Waals surface area contributed by atoms with E-state index >= 15 is 0 Å². The van der Waals surface area contributed by atoms with E-state index < -0.39 is 0 Å². The molecule has 0 fully saturated rings. The van der Waals surface area contributed by atoms with Gasteiger partial charge in [-0.05, 0) is 73.5 Å². The van der Waals surface area contributed by atoms with Crippen LogP contribution in [-0.4, -0.2) is 24.8 Å². The molecule has 3 heteroatoms. The van der Waals surface area contributed by atoms with E-state index in [-0.39, 0.29) is 5.60 Å². The van der Waals surface area contributed by atoms with Gasteiger partial charge in [-0.1, -0.05) is 26.0 Å². The zero-order valence-electron chi connectivity index (χ0n) is 12.5. The average Bonchev–Trinajstić information content (AvgIpc) is 2.41. The molecule has 2 unspecified atom stereocenters. The summed E-state index contributed by atoms with van der Waals surface area (Å²) in [6.07, 6.45) is 2.03. The lowest BCUT2D eigenvalue weighted by Crippen LogP contribution is -2.51. The molecule has 1 N–H and O–H groups in total. The summed E-state index contributed by atoms with van der Waals surface area (Å²) >= 11 is 2.34. The summed E-state index contributed by atoms with van der Waals surface area (Å²) in [5.41, 5.74) is 1.26. The first kappa shape index (κ1) is 16.9. The zero-order chi connectivity index (χ0) is 14.3. The van der Waals surface area contributed by atoms with E-state index in [0.717, 1.165) is 26.0 Å². The summed E-state index contributed by atoms with van der Waals surface area (Å²) in [6, 6.07) is 9.12. The number of halogens is 1. The molecule has 0 amide bonds. The maximum absolute atomic E-state index is 6.03. The SMILES string of the molecule is CCNC(Cc1ccc(I)cc1)C(C)(CC)OCC. The number of ether oxygens (including phenoxy) is 1. The second-order valence-electron chi connectivity index (χ2n) is 5.04. The highest BCUT2D eigenvalue weighted by Crippen LogP contribution is 2.23. The molecule has 0 heterocycles. The van der Waals surface area contributed by atoms with Crippen LogP contribution in [0.2, 0.25) is 0 Å². The van der Waals surface area contributed by atoms with Crippen molar-refractivity contribution in [2.24, 2.45) is 0 Å². The Bertz CT molecular complexity index is 366.